The number of nitrogens with zero attached hydrogens (tertiary/aromatic N) is 2. The third-order valence-electron chi connectivity index (χ3n) is 3.45. The molecule has 0 atom stereocenters. The lowest BCUT2D eigenvalue weighted by atomic mass is 10.1. The first-order chi connectivity index (χ1) is 10.2. The zero-order chi connectivity index (χ0) is 15.1. The number of amides is 1. The Morgan fingerprint density at radius 3 is 2.67 bits per heavy atom. The number of unbranched alkanes of at least 4 members (excludes halogenated alkanes) is 2. The summed E-state index contributed by atoms with van der Waals surface area (Å²) in [4.78, 5) is 13.7. The molecule has 21 heavy (non-hydrogen) atoms. The highest BCUT2D eigenvalue weighted by molar-refractivity contribution is 5.77. The molecule has 1 aromatic carbocycles. The van der Waals surface area contributed by atoms with Crippen LogP contribution in [-0.2, 0) is 4.79 Å². The Bertz CT molecular complexity index is 560. The van der Waals surface area contributed by atoms with Crippen molar-refractivity contribution in [2.45, 2.75) is 31.8 Å². The predicted octanol–water partition coefficient (Wildman–Crippen LogP) is 2.34. The Balaban J connectivity index is 1.68. The Morgan fingerprint density at radius 2 is 2.05 bits per heavy atom. The molecule has 0 saturated carbocycles. The third kappa shape index (κ3) is 4.26. The van der Waals surface area contributed by atoms with Crippen LogP contribution in [0.2, 0.25) is 0 Å². The van der Waals surface area contributed by atoms with Gasteiger partial charge in [-0.3, -0.25) is 4.79 Å². The van der Waals surface area contributed by atoms with Crippen LogP contribution >= 0.6 is 0 Å². The van der Waals surface area contributed by atoms with Crippen molar-refractivity contribution < 1.29 is 9.53 Å². The number of carbonyl (C=O) groups is 1. The van der Waals surface area contributed by atoms with Gasteiger partial charge in [0.15, 0.2) is 0 Å². The molecule has 1 fully saturated rings. The maximum absolute atomic E-state index is 11.9. The normalized spacial score (nSPS) is 13.9. The monoisotopic (exact) mass is 282 g/mol. The van der Waals surface area contributed by atoms with Crippen molar-refractivity contribution in [3.63, 3.8) is 0 Å². The summed E-state index contributed by atoms with van der Waals surface area (Å²) in [5.41, 5.74) is 0.611. The van der Waals surface area contributed by atoms with Crippen LogP contribution in [-0.4, -0.2) is 30.0 Å². The molecule has 0 aliphatic carbocycles. The summed E-state index contributed by atoms with van der Waals surface area (Å²) < 4.78 is 5.74. The van der Waals surface area contributed by atoms with E-state index in [0.717, 1.165) is 25.0 Å². The van der Waals surface area contributed by atoms with Crippen molar-refractivity contribution in [3.05, 3.63) is 29.8 Å². The van der Waals surface area contributed by atoms with Gasteiger partial charge in [0.05, 0.1) is 24.7 Å². The maximum Gasteiger partial charge on any atom is 0.222 e. The lowest BCUT2D eigenvalue weighted by Gasteiger charge is -2.39. The molecule has 1 amide bonds. The van der Waals surface area contributed by atoms with E-state index in [0.29, 0.717) is 25.1 Å². The molecule has 0 unspecified atom stereocenters. The zero-order valence-electron chi connectivity index (χ0n) is 11.9. The van der Waals surface area contributed by atoms with Crippen molar-refractivity contribution in [2.75, 3.05) is 13.1 Å². The lowest BCUT2D eigenvalue weighted by Crippen LogP contribution is -2.56. The second-order valence-electron chi connectivity index (χ2n) is 5.09. The molecule has 0 spiro atoms. The van der Waals surface area contributed by atoms with Gasteiger partial charge in [-0.1, -0.05) is 0 Å². The number of hydrogen-bond acceptors (Lipinski definition) is 3. The average molecular weight is 282 g/mol. The lowest BCUT2D eigenvalue weighted by molar-refractivity contribution is -0.140. The highest BCUT2D eigenvalue weighted by Gasteiger charge is 2.31. The summed E-state index contributed by atoms with van der Waals surface area (Å²) >= 11 is 0. The van der Waals surface area contributed by atoms with Gasteiger partial charge in [0, 0.05) is 12.8 Å². The number of nitriles is 1. The van der Waals surface area contributed by atoms with E-state index < -0.39 is 0 Å². The minimum atomic E-state index is 0.0487. The van der Waals surface area contributed by atoms with Crippen LogP contribution < -0.4 is 4.74 Å². The summed E-state index contributed by atoms with van der Waals surface area (Å²) in [7, 11) is 0. The van der Waals surface area contributed by atoms with E-state index >= 15 is 0 Å². The van der Waals surface area contributed by atoms with Crippen LogP contribution in [0.25, 0.3) is 0 Å². The molecular weight excluding hydrogens is 264 g/mol. The van der Waals surface area contributed by atoms with Gasteiger partial charge in [0.1, 0.15) is 11.9 Å². The van der Waals surface area contributed by atoms with E-state index in [4.69, 9.17) is 16.4 Å². The molecule has 1 saturated heterocycles. The van der Waals surface area contributed by atoms with Gasteiger partial charge >= 0.3 is 0 Å². The summed E-state index contributed by atoms with van der Waals surface area (Å²) in [5, 5.41) is 8.72. The maximum atomic E-state index is 11.9. The standard InChI is InChI=1S/C17H18N2O2/c1-2-3-4-5-6-17(20)19-12-16(13-19)21-15-9-7-14(11-18)8-10-15/h1,7-10,16H,3-6,12-13H2. The van der Waals surface area contributed by atoms with Gasteiger partial charge in [-0.25, -0.2) is 0 Å². The summed E-state index contributed by atoms with van der Waals surface area (Å²) in [6.07, 6.45) is 8.27. The number of carbonyl (C=O) groups excluding carboxylic acids is 1. The number of terminal acetylenes is 1. The van der Waals surface area contributed by atoms with Crippen molar-refractivity contribution in [1.82, 2.24) is 4.90 Å². The number of likely N-dealkylation sites (tertiary alicyclic amines) is 1. The van der Waals surface area contributed by atoms with Gasteiger partial charge in [0.25, 0.3) is 0 Å². The molecule has 0 N–H and O–H groups in total. The molecule has 0 aromatic heterocycles. The van der Waals surface area contributed by atoms with Crippen molar-refractivity contribution in [1.29, 1.82) is 5.26 Å². The summed E-state index contributed by atoms with van der Waals surface area (Å²) in [6.45, 7) is 1.27. The molecule has 108 valence electrons. The summed E-state index contributed by atoms with van der Waals surface area (Å²) in [5.74, 6) is 3.49. The summed E-state index contributed by atoms with van der Waals surface area (Å²) in [6, 6.07) is 9.08. The molecule has 1 aromatic rings. The molecular formula is C17H18N2O2. The third-order valence-corrected chi connectivity index (χ3v) is 3.45. The molecule has 0 bridgehead atoms. The van der Waals surface area contributed by atoms with Crippen molar-refractivity contribution in [3.8, 4) is 24.2 Å². The van der Waals surface area contributed by atoms with Crippen LogP contribution in [0.1, 0.15) is 31.2 Å². The van der Waals surface area contributed by atoms with E-state index in [2.05, 4.69) is 12.0 Å². The predicted molar refractivity (Wildman–Crippen MR) is 79.5 cm³/mol. The number of ether oxygens (including phenoxy) is 1. The molecule has 1 aliphatic heterocycles. The Hall–Kier alpha value is -2.46. The van der Waals surface area contributed by atoms with Crippen LogP contribution in [0.5, 0.6) is 5.75 Å². The molecule has 4 nitrogen and oxygen atoms in total. The van der Waals surface area contributed by atoms with Gasteiger partial charge in [-0.2, -0.15) is 5.26 Å². The zero-order valence-corrected chi connectivity index (χ0v) is 11.9. The quantitative estimate of drug-likeness (QED) is 0.594. The number of hydrogen-bond donors (Lipinski definition) is 0. The molecule has 0 radical (unpaired) electrons. The minimum Gasteiger partial charge on any atom is -0.487 e. The number of benzene rings is 1. The molecule has 1 aliphatic rings. The largest absolute Gasteiger partial charge is 0.487 e. The van der Waals surface area contributed by atoms with Gasteiger partial charge < -0.3 is 9.64 Å². The topological polar surface area (TPSA) is 53.3 Å². The van der Waals surface area contributed by atoms with Gasteiger partial charge in [-0.05, 0) is 37.1 Å². The fourth-order valence-electron chi connectivity index (χ4n) is 2.18. The average Bonchev–Trinajstić information content (AvgIpc) is 2.47. The van der Waals surface area contributed by atoms with Gasteiger partial charge in [0.2, 0.25) is 5.91 Å². The van der Waals surface area contributed by atoms with Crippen molar-refractivity contribution >= 4 is 5.91 Å². The smallest absolute Gasteiger partial charge is 0.222 e. The fraction of sp³-hybridized carbons (Fsp3) is 0.412. The Kier molecular flexibility index (Phi) is 5.23. The molecule has 1 heterocycles. The Labute approximate surface area is 125 Å². The van der Waals surface area contributed by atoms with Crippen LogP contribution in [0.4, 0.5) is 0 Å². The highest BCUT2D eigenvalue weighted by atomic mass is 16.5. The first-order valence-corrected chi connectivity index (χ1v) is 7.11. The van der Waals surface area contributed by atoms with Crippen molar-refractivity contribution in [2.24, 2.45) is 0 Å². The van der Waals surface area contributed by atoms with E-state index in [1.165, 1.54) is 0 Å². The SMILES string of the molecule is C#CCCCCC(=O)N1CC(Oc2ccc(C#N)cc2)C1. The second-order valence-corrected chi connectivity index (χ2v) is 5.09. The van der Waals surface area contributed by atoms with E-state index in [1.807, 2.05) is 4.90 Å². The van der Waals surface area contributed by atoms with Gasteiger partial charge in [-0.15, -0.1) is 12.3 Å². The van der Waals surface area contributed by atoms with E-state index in [-0.39, 0.29) is 12.0 Å². The fourth-order valence-corrected chi connectivity index (χ4v) is 2.18. The van der Waals surface area contributed by atoms with E-state index in [9.17, 15) is 4.79 Å². The van der Waals surface area contributed by atoms with E-state index in [1.54, 1.807) is 24.3 Å². The first kappa shape index (κ1) is 14.9. The second kappa shape index (κ2) is 7.36. The number of rotatable bonds is 6. The van der Waals surface area contributed by atoms with Crippen LogP contribution in [0.3, 0.4) is 0 Å². The van der Waals surface area contributed by atoms with Crippen LogP contribution in [0, 0.1) is 23.7 Å². The molecule has 4 heteroatoms. The minimum absolute atomic E-state index is 0.0487. The molecule has 2 rings (SSSR count). The Morgan fingerprint density at radius 1 is 1.33 bits per heavy atom. The highest BCUT2D eigenvalue weighted by Crippen LogP contribution is 2.19. The van der Waals surface area contributed by atoms with Crippen LogP contribution in [0.15, 0.2) is 24.3 Å². The first-order valence-electron chi connectivity index (χ1n) is 7.11.